The third-order valence-corrected chi connectivity index (χ3v) is 10.1. The minimum atomic E-state index is -1.83. The van der Waals surface area contributed by atoms with Gasteiger partial charge in [0, 0.05) is 11.5 Å². The molecule has 2 aliphatic heterocycles. The number of rotatable bonds is 6. The molecule has 2 aliphatic carbocycles. The number of amides is 4. The van der Waals surface area contributed by atoms with Crippen LogP contribution >= 0.6 is 0 Å². The third kappa shape index (κ3) is 4.70. The summed E-state index contributed by atoms with van der Waals surface area (Å²) in [6, 6.07) is 16.6. The zero-order valence-electron chi connectivity index (χ0n) is 25.1. The first-order valence-electron chi connectivity index (χ1n) is 15.3. The van der Waals surface area contributed by atoms with Crippen LogP contribution in [0.2, 0.25) is 0 Å². The molecule has 2 heterocycles. The van der Waals surface area contributed by atoms with Gasteiger partial charge in [0.15, 0.2) is 11.5 Å². The number of ether oxygens (including phenoxy) is 1. The van der Waals surface area contributed by atoms with Crippen molar-refractivity contribution in [1.82, 2.24) is 0 Å². The quantitative estimate of drug-likeness (QED) is 0.138. The van der Waals surface area contributed by atoms with Gasteiger partial charge in [-0.25, -0.2) is 0 Å². The van der Waals surface area contributed by atoms with Crippen molar-refractivity contribution in [2.24, 2.45) is 29.6 Å². The van der Waals surface area contributed by atoms with Gasteiger partial charge in [-0.15, -0.1) is 0 Å². The van der Waals surface area contributed by atoms with Crippen LogP contribution in [0.4, 0.5) is 11.4 Å². The fourth-order valence-corrected chi connectivity index (χ4v) is 8.05. The summed E-state index contributed by atoms with van der Waals surface area (Å²) in [5.41, 5.74) is 1.57. The molecule has 5 N–H and O–H groups in total. The number of methoxy groups -OCH3 is 1. The second-order valence-electron chi connectivity index (χ2n) is 12.4. The van der Waals surface area contributed by atoms with Gasteiger partial charge in [-0.1, -0.05) is 48.0 Å². The highest BCUT2D eigenvalue weighted by atomic mass is 16.5. The summed E-state index contributed by atoms with van der Waals surface area (Å²) in [4.78, 5) is 58.5. The molecule has 1 saturated carbocycles. The zero-order valence-corrected chi connectivity index (χ0v) is 25.1. The van der Waals surface area contributed by atoms with Crippen LogP contribution in [0.3, 0.4) is 0 Å². The fraction of sp³-hybridized carbons (Fsp3) is 0.273. The molecule has 3 fully saturated rings. The van der Waals surface area contributed by atoms with Crippen molar-refractivity contribution in [2.75, 3.05) is 16.9 Å². The first-order valence-corrected chi connectivity index (χ1v) is 15.3. The summed E-state index contributed by atoms with van der Waals surface area (Å²) in [5, 5.41) is 50.2. The van der Waals surface area contributed by atoms with Gasteiger partial charge in [-0.2, -0.15) is 0 Å². The number of hydrogen-bond donors (Lipinski definition) is 5. The lowest BCUT2D eigenvalue weighted by atomic mass is 9.57. The summed E-state index contributed by atoms with van der Waals surface area (Å²) in [7, 11) is -2.24. The molecule has 3 aromatic rings. The van der Waals surface area contributed by atoms with E-state index in [1.807, 2.05) is 6.08 Å². The predicted octanol–water partition coefficient (Wildman–Crippen LogP) is -0.194. The maximum Gasteiger partial charge on any atom is 0.488 e. The first kappa shape index (κ1) is 30.9. The van der Waals surface area contributed by atoms with Gasteiger partial charge in [0.2, 0.25) is 23.6 Å². The van der Waals surface area contributed by atoms with Crippen LogP contribution in [0.1, 0.15) is 24.3 Å². The number of fused-ring (bicyclic) bond motifs is 4. The van der Waals surface area contributed by atoms with Crippen LogP contribution in [0, 0.1) is 29.6 Å². The molecule has 0 spiro atoms. The van der Waals surface area contributed by atoms with E-state index in [2.05, 4.69) is 0 Å². The number of hydrogen-bond acceptors (Lipinski definition) is 10. The lowest BCUT2D eigenvalue weighted by molar-refractivity contribution is -0.126. The molecular formula is C33H30B2N2O10. The molecule has 4 aliphatic rings. The molecule has 14 heteroatoms. The molecule has 238 valence electrons. The monoisotopic (exact) mass is 636 g/mol. The Kier molecular flexibility index (Phi) is 7.55. The Morgan fingerprint density at radius 1 is 0.702 bits per heavy atom. The van der Waals surface area contributed by atoms with Crippen molar-refractivity contribution in [1.29, 1.82) is 0 Å². The average molecular weight is 636 g/mol. The topological polar surface area (TPSA) is 185 Å². The highest BCUT2D eigenvalue weighted by molar-refractivity contribution is 6.59. The van der Waals surface area contributed by atoms with E-state index < -0.39 is 73.4 Å². The molecule has 3 aromatic carbocycles. The standard InChI is InChI=1S/C33H30B2N2O10/c1-47-25-10-4-9-21(29(25)38)26-20-11-12-22-27(32(41)36(30(22)39)18-7-2-5-16(13-18)34(43)44)23(20)15-24-28(26)33(42)37(31(24)40)19-8-3-6-17(14-19)35(45)46/h2-11,13-14,22-24,26-28,38,43-46H,12,15H2,1H3/t22-,23+,24+,26+,27-,28+/m0/s1. The number of phenols is 1. The summed E-state index contributed by atoms with van der Waals surface area (Å²) >= 11 is 0. The van der Waals surface area contributed by atoms with Crippen molar-refractivity contribution in [2.45, 2.75) is 18.8 Å². The van der Waals surface area contributed by atoms with Crippen molar-refractivity contribution >= 4 is 60.2 Å². The number of anilines is 2. The molecule has 47 heavy (non-hydrogen) atoms. The largest absolute Gasteiger partial charge is 0.504 e. The third-order valence-electron chi connectivity index (χ3n) is 10.1. The second-order valence-corrected chi connectivity index (χ2v) is 12.4. The lowest BCUT2D eigenvalue weighted by Gasteiger charge is -2.44. The highest BCUT2D eigenvalue weighted by Gasteiger charge is 2.62. The van der Waals surface area contributed by atoms with Crippen LogP contribution in [0.15, 0.2) is 78.4 Å². The number of nitrogens with zero attached hydrogens (tertiary/aromatic N) is 2. The van der Waals surface area contributed by atoms with Crippen molar-refractivity contribution in [3.8, 4) is 11.5 Å². The summed E-state index contributed by atoms with van der Waals surface area (Å²) in [6.07, 6.45) is 2.11. The Morgan fingerprint density at radius 3 is 1.83 bits per heavy atom. The van der Waals surface area contributed by atoms with Gasteiger partial charge < -0.3 is 29.9 Å². The van der Waals surface area contributed by atoms with Gasteiger partial charge in [-0.3, -0.25) is 29.0 Å². The molecule has 6 atom stereocenters. The van der Waals surface area contributed by atoms with Crippen LogP contribution in [-0.2, 0) is 19.2 Å². The van der Waals surface area contributed by atoms with Crippen LogP contribution in [0.5, 0.6) is 11.5 Å². The Hall–Kier alpha value is -4.75. The number of para-hydroxylation sites is 1. The van der Waals surface area contributed by atoms with E-state index in [1.54, 1.807) is 18.2 Å². The molecule has 2 saturated heterocycles. The van der Waals surface area contributed by atoms with Gasteiger partial charge in [0.1, 0.15) is 0 Å². The fourth-order valence-electron chi connectivity index (χ4n) is 8.05. The van der Waals surface area contributed by atoms with E-state index in [9.17, 15) is 44.4 Å². The van der Waals surface area contributed by atoms with E-state index >= 15 is 0 Å². The Labute approximate surface area is 269 Å². The van der Waals surface area contributed by atoms with E-state index in [0.29, 0.717) is 11.1 Å². The van der Waals surface area contributed by atoms with E-state index in [-0.39, 0.29) is 46.6 Å². The Bertz CT molecular complexity index is 1860. The summed E-state index contributed by atoms with van der Waals surface area (Å²) < 4.78 is 5.37. The van der Waals surface area contributed by atoms with Crippen LogP contribution in [-0.4, -0.2) is 70.2 Å². The van der Waals surface area contributed by atoms with Crippen molar-refractivity contribution < 1.29 is 49.1 Å². The number of aromatic hydroxyl groups is 1. The molecule has 0 aromatic heterocycles. The lowest BCUT2D eigenvalue weighted by Crippen LogP contribution is -2.43. The molecule has 7 rings (SSSR count). The van der Waals surface area contributed by atoms with E-state index in [1.165, 1.54) is 55.6 Å². The minimum absolute atomic E-state index is 0.0878. The van der Waals surface area contributed by atoms with Gasteiger partial charge in [0.25, 0.3) is 0 Å². The zero-order chi connectivity index (χ0) is 33.3. The summed E-state index contributed by atoms with van der Waals surface area (Å²) in [6.45, 7) is 0. The van der Waals surface area contributed by atoms with Crippen molar-refractivity contribution in [3.63, 3.8) is 0 Å². The number of phenolic OH excluding ortho intramolecular Hbond substituents is 1. The predicted molar refractivity (Wildman–Crippen MR) is 170 cm³/mol. The van der Waals surface area contributed by atoms with Gasteiger partial charge in [0.05, 0.1) is 42.2 Å². The number of carbonyl (C=O) groups excluding carboxylic acids is 4. The molecule has 12 nitrogen and oxygen atoms in total. The van der Waals surface area contributed by atoms with Gasteiger partial charge >= 0.3 is 14.2 Å². The number of benzene rings is 3. The molecular weight excluding hydrogens is 606 g/mol. The molecule has 0 radical (unpaired) electrons. The number of carbonyl (C=O) groups is 4. The normalized spacial score (nSPS) is 26.5. The first-order chi connectivity index (χ1) is 22.5. The van der Waals surface area contributed by atoms with E-state index in [0.717, 1.165) is 9.80 Å². The Balaban J connectivity index is 1.34. The van der Waals surface area contributed by atoms with Crippen molar-refractivity contribution in [3.05, 3.63) is 83.9 Å². The second kappa shape index (κ2) is 11.5. The minimum Gasteiger partial charge on any atom is -0.504 e. The molecule has 0 unspecified atom stereocenters. The maximum absolute atomic E-state index is 14.3. The number of allylic oxidation sites excluding steroid dienone is 2. The van der Waals surface area contributed by atoms with Gasteiger partial charge in [-0.05, 0) is 60.0 Å². The van der Waals surface area contributed by atoms with Crippen LogP contribution in [0.25, 0.3) is 0 Å². The Morgan fingerprint density at radius 2 is 1.26 bits per heavy atom. The van der Waals surface area contributed by atoms with Crippen LogP contribution < -0.4 is 25.5 Å². The van der Waals surface area contributed by atoms with E-state index in [4.69, 9.17) is 4.74 Å². The number of imide groups is 2. The highest BCUT2D eigenvalue weighted by Crippen LogP contribution is 2.59. The smallest absolute Gasteiger partial charge is 0.488 e. The summed E-state index contributed by atoms with van der Waals surface area (Å²) in [5.74, 6) is -7.03. The average Bonchev–Trinajstić information content (AvgIpc) is 3.47. The SMILES string of the molecule is COc1cccc([C@H]2C3=CC[C@@H]4C(=O)N(c5cccc(B(O)O)c5)C(=O)[C@@H]4[C@@H]3C[C@H]3C(=O)N(c4cccc(B(O)O)c4)C(=O)[C@@H]23)c1O. The maximum atomic E-state index is 14.3. The molecule has 4 amide bonds. The molecule has 0 bridgehead atoms.